The predicted molar refractivity (Wildman–Crippen MR) is 69.9 cm³/mol. The number of hydrogen-bond donors (Lipinski definition) is 2. The molecule has 1 aromatic rings. The van der Waals surface area contributed by atoms with Crippen molar-refractivity contribution in [2.24, 2.45) is 0 Å². The number of likely N-dealkylation sites (N-methyl/N-ethyl adjacent to an activating group) is 1. The first kappa shape index (κ1) is 14.7. The van der Waals surface area contributed by atoms with Crippen LogP contribution < -0.4 is 0 Å². The summed E-state index contributed by atoms with van der Waals surface area (Å²) in [6, 6.07) is 8.92. The molecule has 0 spiro atoms. The largest absolute Gasteiger partial charge is 0.389 e. The van der Waals surface area contributed by atoms with Crippen LogP contribution in [0, 0.1) is 11.3 Å². The van der Waals surface area contributed by atoms with Gasteiger partial charge in [-0.1, -0.05) is 12.1 Å². The van der Waals surface area contributed by atoms with Crippen molar-refractivity contribution in [3.63, 3.8) is 0 Å². The predicted octanol–water partition coefficient (Wildman–Crippen LogP) is 1.29. The van der Waals surface area contributed by atoms with Crippen LogP contribution in [0.25, 0.3) is 0 Å². The number of hydrogen-bond acceptors (Lipinski definition) is 4. The molecule has 0 aliphatic carbocycles. The van der Waals surface area contributed by atoms with E-state index in [4.69, 9.17) is 5.26 Å². The second-order valence-corrected chi connectivity index (χ2v) is 5.26. The second kappa shape index (κ2) is 5.96. The molecular weight excluding hydrogens is 228 g/mol. The minimum absolute atomic E-state index is 0.440. The Kier molecular flexibility index (Phi) is 4.85. The van der Waals surface area contributed by atoms with E-state index in [-0.39, 0.29) is 0 Å². The molecule has 0 fully saturated rings. The average molecular weight is 248 g/mol. The molecule has 18 heavy (non-hydrogen) atoms. The molecule has 0 aliphatic heterocycles. The quantitative estimate of drug-likeness (QED) is 0.824. The standard InChI is InChI=1S/C14H20N2O2/c1-14(2,18)10-16(3)9-13(17)12-6-4-11(8-15)5-7-12/h4-7,13,17-18H,9-10H2,1-3H3. The van der Waals surface area contributed by atoms with Crippen molar-refractivity contribution in [1.29, 1.82) is 5.26 Å². The number of rotatable bonds is 5. The first-order valence-electron chi connectivity index (χ1n) is 5.91. The van der Waals surface area contributed by atoms with Crippen LogP contribution in [0.5, 0.6) is 0 Å². The van der Waals surface area contributed by atoms with Gasteiger partial charge in [-0.15, -0.1) is 0 Å². The first-order valence-corrected chi connectivity index (χ1v) is 5.91. The molecule has 2 N–H and O–H groups in total. The van der Waals surface area contributed by atoms with Crippen LogP contribution in [0.1, 0.15) is 31.1 Å². The van der Waals surface area contributed by atoms with Gasteiger partial charge in [0.05, 0.1) is 23.3 Å². The van der Waals surface area contributed by atoms with Crippen molar-refractivity contribution in [1.82, 2.24) is 4.90 Å². The summed E-state index contributed by atoms with van der Waals surface area (Å²) in [6.07, 6.45) is -0.620. The zero-order valence-corrected chi connectivity index (χ0v) is 11.1. The third kappa shape index (κ3) is 4.84. The molecule has 0 amide bonds. The number of aliphatic hydroxyl groups excluding tert-OH is 1. The summed E-state index contributed by atoms with van der Waals surface area (Å²) in [5, 5.41) is 28.4. The number of aliphatic hydroxyl groups is 2. The summed E-state index contributed by atoms with van der Waals surface area (Å²) in [5.74, 6) is 0. The van der Waals surface area contributed by atoms with Crippen LogP contribution in [-0.2, 0) is 0 Å². The maximum atomic E-state index is 10.0. The Morgan fingerprint density at radius 1 is 1.33 bits per heavy atom. The van der Waals surface area contributed by atoms with Gasteiger partial charge in [0, 0.05) is 13.1 Å². The van der Waals surface area contributed by atoms with E-state index in [9.17, 15) is 10.2 Å². The van der Waals surface area contributed by atoms with Gasteiger partial charge in [0.25, 0.3) is 0 Å². The van der Waals surface area contributed by atoms with Gasteiger partial charge in [-0.05, 0) is 38.6 Å². The van der Waals surface area contributed by atoms with Crippen molar-refractivity contribution in [3.8, 4) is 6.07 Å². The molecule has 1 rings (SSSR count). The van der Waals surface area contributed by atoms with E-state index < -0.39 is 11.7 Å². The molecule has 0 heterocycles. The SMILES string of the molecule is CN(CC(O)c1ccc(C#N)cc1)CC(C)(C)O. The van der Waals surface area contributed by atoms with E-state index in [0.717, 1.165) is 5.56 Å². The summed E-state index contributed by atoms with van der Waals surface area (Å²) in [6.45, 7) is 4.39. The third-order valence-electron chi connectivity index (χ3n) is 2.57. The Balaban J connectivity index is 2.59. The molecule has 98 valence electrons. The maximum Gasteiger partial charge on any atom is 0.0991 e. The Morgan fingerprint density at radius 3 is 2.33 bits per heavy atom. The minimum Gasteiger partial charge on any atom is -0.389 e. The average Bonchev–Trinajstić information content (AvgIpc) is 2.26. The molecule has 4 heteroatoms. The van der Waals surface area contributed by atoms with Crippen LogP contribution in [0.2, 0.25) is 0 Å². The van der Waals surface area contributed by atoms with Gasteiger partial charge >= 0.3 is 0 Å². The molecule has 0 aromatic heterocycles. The summed E-state index contributed by atoms with van der Waals surface area (Å²) >= 11 is 0. The van der Waals surface area contributed by atoms with Crippen LogP contribution in [-0.4, -0.2) is 40.9 Å². The fourth-order valence-corrected chi connectivity index (χ4v) is 1.91. The smallest absolute Gasteiger partial charge is 0.0991 e. The highest BCUT2D eigenvalue weighted by atomic mass is 16.3. The number of nitrogens with zero attached hydrogens (tertiary/aromatic N) is 2. The van der Waals surface area contributed by atoms with Gasteiger partial charge < -0.3 is 15.1 Å². The van der Waals surface area contributed by atoms with Gasteiger partial charge in [0.2, 0.25) is 0 Å². The Labute approximate surface area is 108 Å². The van der Waals surface area contributed by atoms with Crippen molar-refractivity contribution >= 4 is 0 Å². The molecule has 0 bridgehead atoms. The van der Waals surface area contributed by atoms with Crippen molar-refractivity contribution in [3.05, 3.63) is 35.4 Å². The topological polar surface area (TPSA) is 67.5 Å². The molecule has 1 atom stereocenters. The van der Waals surface area contributed by atoms with E-state index in [2.05, 4.69) is 0 Å². The van der Waals surface area contributed by atoms with Crippen molar-refractivity contribution < 1.29 is 10.2 Å². The normalized spacial score (nSPS) is 13.4. The van der Waals surface area contributed by atoms with E-state index in [0.29, 0.717) is 18.7 Å². The molecule has 0 saturated carbocycles. The lowest BCUT2D eigenvalue weighted by molar-refractivity contribution is 0.0284. The third-order valence-corrected chi connectivity index (χ3v) is 2.57. The van der Waals surface area contributed by atoms with E-state index in [1.165, 1.54) is 0 Å². The van der Waals surface area contributed by atoms with Crippen LogP contribution >= 0.6 is 0 Å². The lowest BCUT2D eigenvalue weighted by atomic mass is 10.1. The minimum atomic E-state index is -0.779. The van der Waals surface area contributed by atoms with Gasteiger partial charge in [-0.25, -0.2) is 0 Å². The zero-order valence-electron chi connectivity index (χ0n) is 11.1. The molecule has 4 nitrogen and oxygen atoms in total. The number of nitriles is 1. The van der Waals surface area contributed by atoms with Crippen LogP contribution in [0.15, 0.2) is 24.3 Å². The molecule has 0 saturated heterocycles. The lowest BCUT2D eigenvalue weighted by Crippen LogP contribution is -2.38. The van der Waals surface area contributed by atoms with Crippen molar-refractivity contribution in [2.75, 3.05) is 20.1 Å². The Morgan fingerprint density at radius 2 is 1.89 bits per heavy atom. The van der Waals surface area contributed by atoms with Gasteiger partial charge in [-0.2, -0.15) is 5.26 Å². The van der Waals surface area contributed by atoms with Gasteiger partial charge in [-0.3, -0.25) is 0 Å². The lowest BCUT2D eigenvalue weighted by Gasteiger charge is -2.27. The van der Waals surface area contributed by atoms with E-state index in [1.54, 1.807) is 38.1 Å². The summed E-state index contributed by atoms with van der Waals surface area (Å²) in [4.78, 5) is 1.88. The summed E-state index contributed by atoms with van der Waals surface area (Å²) < 4.78 is 0. The second-order valence-electron chi connectivity index (χ2n) is 5.26. The highest BCUT2D eigenvalue weighted by molar-refractivity contribution is 5.32. The molecule has 1 unspecified atom stereocenters. The highest BCUT2D eigenvalue weighted by Crippen LogP contribution is 2.15. The first-order chi connectivity index (χ1) is 8.31. The monoisotopic (exact) mass is 248 g/mol. The molecule has 1 aromatic carbocycles. The van der Waals surface area contributed by atoms with Gasteiger partial charge in [0.1, 0.15) is 0 Å². The highest BCUT2D eigenvalue weighted by Gasteiger charge is 2.18. The molecule has 0 aliphatic rings. The van der Waals surface area contributed by atoms with Crippen molar-refractivity contribution in [2.45, 2.75) is 25.6 Å². The maximum absolute atomic E-state index is 10.0. The van der Waals surface area contributed by atoms with Crippen LogP contribution in [0.4, 0.5) is 0 Å². The Hall–Kier alpha value is -1.41. The van der Waals surface area contributed by atoms with E-state index in [1.807, 2.05) is 18.0 Å². The summed E-state index contributed by atoms with van der Waals surface area (Å²) in [5.41, 5.74) is 0.575. The Bertz CT molecular complexity index is 415. The van der Waals surface area contributed by atoms with Gasteiger partial charge in [0.15, 0.2) is 0 Å². The number of benzene rings is 1. The zero-order chi connectivity index (χ0) is 13.8. The molecular formula is C14H20N2O2. The van der Waals surface area contributed by atoms with E-state index >= 15 is 0 Å². The van der Waals surface area contributed by atoms with Crippen LogP contribution in [0.3, 0.4) is 0 Å². The molecule has 0 radical (unpaired) electrons. The fourth-order valence-electron chi connectivity index (χ4n) is 1.91. The summed E-state index contributed by atoms with van der Waals surface area (Å²) in [7, 11) is 1.85. The fraction of sp³-hybridized carbons (Fsp3) is 0.500.